The van der Waals surface area contributed by atoms with Crippen LogP contribution >= 0.6 is 11.6 Å². The number of anilines is 2. The van der Waals surface area contributed by atoms with Gasteiger partial charge in [0.2, 0.25) is 5.91 Å². The van der Waals surface area contributed by atoms with E-state index in [1.807, 2.05) is 31.2 Å². The summed E-state index contributed by atoms with van der Waals surface area (Å²) in [5, 5.41) is 3.61. The van der Waals surface area contributed by atoms with Gasteiger partial charge in [-0.25, -0.2) is 4.90 Å². The Labute approximate surface area is 133 Å². The van der Waals surface area contributed by atoms with Crippen molar-refractivity contribution in [1.82, 2.24) is 0 Å². The lowest BCUT2D eigenvalue weighted by molar-refractivity contribution is -0.121. The van der Waals surface area contributed by atoms with Crippen LogP contribution in [0.4, 0.5) is 11.4 Å². The molecule has 1 N–H and O–H groups in total. The molecule has 4 nitrogen and oxygen atoms in total. The number of amides is 2. The van der Waals surface area contributed by atoms with Crippen molar-refractivity contribution in [2.75, 3.05) is 10.2 Å². The van der Waals surface area contributed by atoms with Gasteiger partial charge in [-0.1, -0.05) is 35.4 Å². The molecule has 0 bridgehead atoms. The van der Waals surface area contributed by atoms with Gasteiger partial charge < -0.3 is 5.32 Å². The monoisotopic (exact) mass is 314 g/mol. The van der Waals surface area contributed by atoms with Crippen LogP contribution in [0.2, 0.25) is 5.02 Å². The highest BCUT2D eigenvalue weighted by Crippen LogP contribution is 2.27. The maximum absolute atomic E-state index is 12.5. The molecule has 1 aliphatic rings. The lowest BCUT2D eigenvalue weighted by Gasteiger charge is -2.16. The molecule has 1 aliphatic heterocycles. The lowest BCUT2D eigenvalue weighted by Crippen LogP contribution is -2.34. The molecular formula is C17H15ClN2O2. The van der Waals surface area contributed by atoms with E-state index in [0.29, 0.717) is 10.7 Å². The summed E-state index contributed by atoms with van der Waals surface area (Å²) in [6, 6.07) is 13.9. The van der Waals surface area contributed by atoms with Crippen molar-refractivity contribution < 1.29 is 9.59 Å². The van der Waals surface area contributed by atoms with E-state index in [0.717, 1.165) is 11.3 Å². The van der Waals surface area contributed by atoms with Crippen molar-refractivity contribution in [2.45, 2.75) is 19.4 Å². The number of carbonyl (C=O) groups excluding carboxylic acids is 2. The third kappa shape index (κ3) is 2.83. The van der Waals surface area contributed by atoms with E-state index in [2.05, 4.69) is 5.32 Å². The number of hydrogen-bond acceptors (Lipinski definition) is 3. The van der Waals surface area contributed by atoms with E-state index in [1.165, 1.54) is 4.90 Å². The maximum Gasteiger partial charge on any atom is 0.256 e. The Morgan fingerprint density at radius 3 is 2.55 bits per heavy atom. The summed E-state index contributed by atoms with van der Waals surface area (Å²) < 4.78 is 0. The van der Waals surface area contributed by atoms with Gasteiger partial charge in [0.25, 0.3) is 5.91 Å². The van der Waals surface area contributed by atoms with E-state index in [-0.39, 0.29) is 18.2 Å². The molecule has 5 heteroatoms. The molecule has 2 aromatic rings. The highest BCUT2D eigenvalue weighted by Gasteiger charge is 2.39. The van der Waals surface area contributed by atoms with E-state index >= 15 is 0 Å². The van der Waals surface area contributed by atoms with Crippen molar-refractivity contribution >= 4 is 34.8 Å². The molecule has 2 amide bonds. The van der Waals surface area contributed by atoms with Crippen LogP contribution in [0, 0.1) is 6.92 Å². The zero-order chi connectivity index (χ0) is 15.7. The third-order valence-corrected chi connectivity index (χ3v) is 3.84. The van der Waals surface area contributed by atoms with E-state index in [4.69, 9.17) is 11.6 Å². The molecule has 1 heterocycles. The minimum Gasteiger partial charge on any atom is -0.373 e. The number of hydrogen-bond donors (Lipinski definition) is 1. The summed E-state index contributed by atoms with van der Waals surface area (Å²) in [7, 11) is 0. The Kier molecular flexibility index (Phi) is 3.86. The number of nitrogens with one attached hydrogen (secondary N) is 1. The standard InChI is InChI=1S/C17H15ClN2O2/c1-11-5-7-13(8-6-11)19-15-10-16(21)20(17(15)22)14-4-2-3-12(18)9-14/h2-9,15,19H,10H2,1H3. The fraction of sp³-hybridized carbons (Fsp3) is 0.176. The van der Waals surface area contributed by atoms with Crippen molar-refractivity contribution in [3.8, 4) is 0 Å². The van der Waals surface area contributed by atoms with Crippen molar-refractivity contribution in [3.05, 3.63) is 59.1 Å². The molecule has 0 spiro atoms. The highest BCUT2D eigenvalue weighted by molar-refractivity contribution is 6.31. The Bertz CT molecular complexity index is 728. The molecule has 0 radical (unpaired) electrons. The van der Waals surface area contributed by atoms with Crippen LogP contribution in [0.1, 0.15) is 12.0 Å². The molecular weight excluding hydrogens is 300 g/mol. The predicted octanol–water partition coefficient (Wildman–Crippen LogP) is 3.39. The first-order chi connectivity index (χ1) is 10.5. The van der Waals surface area contributed by atoms with Crippen LogP contribution < -0.4 is 10.2 Å². The molecule has 0 saturated carbocycles. The molecule has 0 aromatic heterocycles. The number of halogens is 1. The van der Waals surface area contributed by atoms with Crippen LogP contribution in [-0.2, 0) is 9.59 Å². The maximum atomic E-state index is 12.5. The number of benzene rings is 2. The summed E-state index contributed by atoms with van der Waals surface area (Å²) >= 11 is 5.93. The van der Waals surface area contributed by atoms with Crippen LogP contribution in [0.25, 0.3) is 0 Å². The van der Waals surface area contributed by atoms with Gasteiger partial charge in [-0.2, -0.15) is 0 Å². The number of aryl methyl sites for hydroxylation is 1. The van der Waals surface area contributed by atoms with E-state index in [9.17, 15) is 9.59 Å². The topological polar surface area (TPSA) is 49.4 Å². The Hall–Kier alpha value is -2.33. The summed E-state index contributed by atoms with van der Waals surface area (Å²) in [5.41, 5.74) is 2.47. The molecule has 0 aliphatic carbocycles. The largest absolute Gasteiger partial charge is 0.373 e. The van der Waals surface area contributed by atoms with Crippen LogP contribution in [0.5, 0.6) is 0 Å². The van der Waals surface area contributed by atoms with Crippen LogP contribution in [0.15, 0.2) is 48.5 Å². The highest BCUT2D eigenvalue weighted by atomic mass is 35.5. The Balaban J connectivity index is 1.81. The number of carbonyl (C=O) groups is 2. The smallest absolute Gasteiger partial charge is 0.256 e. The summed E-state index contributed by atoms with van der Waals surface area (Å²) in [6.45, 7) is 1.99. The van der Waals surface area contributed by atoms with Gasteiger partial charge in [-0.15, -0.1) is 0 Å². The second kappa shape index (κ2) is 5.81. The first-order valence-electron chi connectivity index (χ1n) is 7.00. The number of nitrogens with zero attached hydrogens (tertiary/aromatic N) is 1. The van der Waals surface area contributed by atoms with E-state index in [1.54, 1.807) is 24.3 Å². The first-order valence-corrected chi connectivity index (χ1v) is 7.38. The summed E-state index contributed by atoms with van der Waals surface area (Å²) in [5.74, 6) is -0.482. The molecule has 3 rings (SSSR count). The van der Waals surface area contributed by atoms with Crippen LogP contribution in [-0.4, -0.2) is 17.9 Å². The van der Waals surface area contributed by atoms with Gasteiger partial charge in [-0.3, -0.25) is 9.59 Å². The molecule has 1 unspecified atom stereocenters. The quantitative estimate of drug-likeness (QED) is 0.883. The fourth-order valence-electron chi connectivity index (χ4n) is 2.48. The second-order valence-electron chi connectivity index (χ2n) is 5.31. The van der Waals surface area contributed by atoms with E-state index < -0.39 is 6.04 Å². The molecule has 2 aromatic carbocycles. The zero-order valence-electron chi connectivity index (χ0n) is 12.0. The van der Waals surface area contributed by atoms with Crippen molar-refractivity contribution in [1.29, 1.82) is 0 Å². The molecule has 1 saturated heterocycles. The van der Waals surface area contributed by atoms with Gasteiger partial charge in [0.15, 0.2) is 0 Å². The normalized spacial score (nSPS) is 17.9. The van der Waals surface area contributed by atoms with Crippen molar-refractivity contribution in [2.24, 2.45) is 0 Å². The predicted molar refractivity (Wildman–Crippen MR) is 87.2 cm³/mol. The van der Waals surface area contributed by atoms with Crippen LogP contribution in [0.3, 0.4) is 0 Å². The lowest BCUT2D eigenvalue weighted by atomic mass is 10.2. The zero-order valence-corrected chi connectivity index (χ0v) is 12.8. The average Bonchev–Trinajstić information content (AvgIpc) is 2.76. The van der Waals surface area contributed by atoms with Crippen molar-refractivity contribution in [3.63, 3.8) is 0 Å². The summed E-state index contributed by atoms with van der Waals surface area (Å²) in [6.07, 6.45) is 0.138. The van der Waals surface area contributed by atoms with Gasteiger partial charge >= 0.3 is 0 Å². The first kappa shape index (κ1) is 14.6. The van der Waals surface area contributed by atoms with Gasteiger partial charge in [-0.05, 0) is 37.3 Å². The molecule has 1 atom stereocenters. The second-order valence-corrected chi connectivity index (χ2v) is 5.75. The minimum atomic E-state index is -0.547. The third-order valence-electron chi connectivity index (χ3n) is 3.61. The number of rotatable bonds is 3. The van der Waals surface area contributed by atoms with Gasteiger partial charge in [0, 0.05) is 10.7 Å². The minimum absolute atomic E-state index is 0.138. The number of imide groups is 1. The summed E-state index contributed by atoms with van der Waals surface area (Å²) in [4.78, 5) is 25.9. The van der Waals surface area contributed by atoms with Gasteiger partial charge in [0.1, 0.15) is 6.04 Å². The Morgan fingerprint density at radius 1 is 1.14 bits per heavy atom. The van der Waals surface area contributed by atoms with Gasteiger partial charge in [0.05, 0.1) is 12.1 Å². The molecule has 112 valence electrons. The SMILES string of the molecule is Cc1ccc(NC2CC(=O)N(c3cccc(Cl)c3)C2=O)cc1. The Morgan fingerprint density at radius 2 is 1.86 bits per heavy atom. The fourth-order valence-corrected chi connectivity index (χ4v) is 2.67. The molecule has 1 fully saturated rings. The molecule has 22 heavy (non-hydrogen) atoms. The average molecular weight is 315 g/mol.